The highest BCUT2D eigenvalue weighted by Crippen LogP contribution is 2.29. The first kappa shape index (κ1) is 22.7. The van der Waals surface area contributed by atoms with Gasteiger partial charge in [-0.1, -0.05) is 30.3 Å². The summed E-state index contributed by atoms with van der Waals surface area (Å²) >= 11 is 0. The highest BCUT2D eigenvalue weighted by molar-refractivity contribution is 5.99. The Morgan fingerprint density at radius 3 is 2.38 bits per heavy atom. The van der Waals surface area contributed by atoms with Gasteiger partial charge in [-0.15, -0.1) is 0 Å². The molecule has 9 heteroatoms. The van der Waals surface area contributed by atoms with Crippen molar-refractivity contribution in [3.05, 3.63) is 89.2 Å². The van der Waals surface area contributed by atoms with E-state index in [9.17, 15) is 22.8 Å². The highest BCUT2D eigenvalue weighted by atomic mass is 19.2. The van der Waals surface area contributed by atoms with Gasteiger partial charge >= 0.3 is 0 Å². The standard InChI is InChI=1S/C23H19F3N2O4/c1-31-19-11-15(7-10-18(19)32-13-14-5-3-2-4-6-14)23(30)27-12-20(29)28-17-9-8-16(24)21(25)22(17)26/h2-11H,12-13H2,1H3,(H,27,30)(H,28,29). The van der Waals surface area contributed by atoms with Gasteiger partial charge in [0.15, 0.2) is 29.0 Å². The summed E-state index contributed by atoms with van der Waals surface area (Å²) in [6.45, 7) is -0.213. The maximum Gasteiger partial charge on any atom is 0.251 e. The third kappa shape index (κ3) is 5.57. The molecule has 0 spiro atoms. The molecule has 0 aliphatic heterocycles. The maximum absolute atomic E-state index is 13.6. The van der Waals surface area contributed by atoms with Crippen molar-refractivity contribution in [3.63, 3.8) is 0 Å². The quantitative estimate of drug-likeness (QED) is 0.514. The molecule has 6 nitrogen and oxygen atoms in total. The molecule has 0 saturated heterocycles. The van der Waals surface area contributed by atoms with Crippen molar-refractivity contribution in [2.45, 2.75) is 6.61 Å². The largest absolute Gasteiger partial charge is 0.493 e. The average Bonchev–Trinajstić information content (AvgIpc) is 2.82. The number of ether oxygens (including phenoxy) is 2. The van der Waals surface area contributed by atoms with Crippen LogP contribution in [0.25, 0.3) is 0 Å². The van der Waals surface area contributed by atoms with Crippen molar-refractivity contribution < 1.29 is 32.2 Å². The SMILES string of the molecule is COc1cc(C(=O)NCC(=O)Nc2ccc(F)c(F)c2F)ccc1OCc1ccccc1. The number of rotatable bonds is 8. The Balaban J connectivity index is 1.58. The molecular formula is C23H19F3N2O4. The smallest absolute Gasteiger partial charge is 0.251 e. The molecule has 2 amide bonds. The van der Waals surface area contributed by atoms with Gasteiger partial charge in [-0.25, -0.2) is 13.2 Å². The lowest BCUT2D eigenvalue weighted by molar-refractivity contribution is -0.115. The van der Waals surface area contributed by atoms with Crippen molar-refractivity contribution in [2.75, 3.05) is 19.0 Å². The second-order valence-electron chi connectivity index (χ2n) is 6.59. The molecule has 0 aliphatic carbocycles. The Morgan fingerprint density at radius 2 is 1.66 bits per heavy atom. The number of nitrogens with one attached hydrogen (secondary N) is 2. The van der Waals surface area contributed by atoms with Crippen LogP contribution >= 0.6 is 0 Å². The second kappa shape index (κ2) is 10.3. The minimum Gasteiger partial charge on any atom is -0.493 e. The van der Waals surface area contributed by atoms with Crippen molar-refractivity contribution in [1.29, 1.82) is 0 Å². The third-order valence-corrected chi connectivity index (χ3v) is 4.38. The number of halogens is 3. The predicted octanol–water partition coefficient (Wildman–Crippen LogP) is 4.06. The fourth-order valence-corrected chi connectivity index (χ4v) is 2.74. The zero-order valence-electron chi connectivity index (χ0n) is 17.0. The molecule has 32 heavy (non-hydrogen) atoms. The lowest BCUT2D eigenvalue weighted by Crippen LogP contribution is -2.33. The Hall–Kier alpha value is -4.01. The maximum atomic E-state index is 13.6. The van der Waals surface area contributed by atoms with Gasteiger partial charge in [-0.05, 0) is 35.9 Å². The summed E-state index contributed by atoms with van der Waals surface area (Å²) < 4.78 is 50.8. The summed E-state index contributed by atoms with van der Waals surface area (Å²) in [5.74, 6) is -5.27. The molecule has 0 radical (unpaired) electrons. The van der Waals surface area contributed by atoms with Crippen molar-refractivity contribution in [2.24, 2.45) is 0 Å². The topological polar surface area (TPSA) is 76.7 Å². The van der Waals surface area contributed by atoms with Crippen LogP contribution in [0, 0.1) is 17.5 Å². The van der Waals surface area contributed by atoms with Crippen molar-refractivity contribution in [3.8, 4) is 11.5 Å². The first-order valence-corrected chi connectivity index (χ1v) is 9.45. The van der Waals surface area contributed by atoms with Gasteiger partial charge < -0.3 is 20.1 Å². The van der Waals surface area contributed by atoms with Crippen LogP contribution in [0.15, 0.2) is 60.7 Å². The molecule has 0 heterocycles. The molecule has 0 aliphatic rings. The van der Waals surface area contributed by atoms with E-state index in [-0.39, 0.29) is 5.56 Å². The minimum absolute atomic E-state index is 0.195. The van der Waals surface area contributed by atoms with Crippen molar-refractivity contribution >= 4 is 17.5 Å². The molecule has 0 atom stereocenters. The first-order valence-electron chi connectivity index (χ1n) is 9.45. The molecule has 0 fully saturated rings. The van der Waals surface area contributed by atoms with Crippen LogP contribution in [0.2, 0.25) is 0 Å². The van der Waals surface area contributed by atoms with Gasteiger partial charge in [-0.3, -0.25) is 9.59 Å². The van der Waals surface area contributed by atoms with Crippen LogP contribution in [0.5, 0.6) is 11.5 Å². The molecule has 0 saturated carbocycles. The Kier molecular flexibility index (Phi) is 7.33. The van der Waals surface area contributed by atoms with E-state index in [4.69, 9.17) is 9.47 Å². The van der Waals surface area contributed by atoms with Crippen molar-refractivity contribution in [1.82, 2.24) is 5.32 Å². The fourth-order valence-electron chi connectivity index (χ4n) is 2.74. The molecular weight excluding hydrogens is 425 g/mol. The number of hydrogen-bond donors (Lipinski definition) is 2. The summed E-state index contributed by atoms with van der Waals surface area (Å²) in [5.41, 5.74) is 0.616. The molecule has 2 N–H and O–H groups in total. The Labute approximate surface area is 182 Å². The van der Waals surface area contributed by atoms with Gasteiger partial charge in [-0.2, -0.15) is 0 Å². The van der Waals surface area contributed by atoms with Gasteiger partial charge in [0.05, 0.1) is 19.3 Å². The molecule has 0 bridgehead atoms. The zero-order valence-corrected chi connectivity index (χ0v) is 17.0. The van der Waals surface area contributed by atoms with E-state index in [1.165, 1.54) is 19.2 Å². The number of carbonyl (C=O) groups excluding carboxylic acids is 2. The van der Waals surface area contributed by atoms with Crippen LogP contribution in [0.4, 0.5) is 18.9 Å². The number of anilines is 1. The van der Waals surface area contributed by atoms with E-state index >= 15 is 0 Å². The third-order valence-electron chi connectivity index (χ3n) is 4.38. The summed E-state index contributed by atoms with van der Waals surface area (Å²) in [5, 5.41) is 4.42. The number of benzene rings is 3. The van der Waals surface area contributed by atoms with Crippen LogP contribution in [0.3, 0.4) is 0 Å². The van der Waals surface area contributed by atoms with Crippen LogP contribution in [-0.2, 0) is 11.4 Å². The lowest BCUT2D eigenvalue weighted by Gasteiger charge is -2.13. The number of amides is 2. The second-order valence-corrected chi connectivity index (χ2v) is 6.59. The lowest BCUT2D eigenvalue weighted by atomic mass is 10.2. The van der Waals surface area contributed by atoms with Crippen LogP contribution in [0.1, 0.15) is 15.9 Å². The van der Waals surface area contributed by atoms with Gasteiger partial charge in [0.2, 0.25) is 5.91 Å². The normalized spacial score (nSPS) is 10.4. The Morgan fingerprint density at radius 1 is 0.906 bits per heavy atom. The number of carbonyl (C=O) groups is 2. The van der Waals surface area contributed by atoms with Gasteiger partial charge in [0, 0.05) is 5.56 Å². The highest BCUT2D eigenvalue weighted by Gasteiger charge is 2.16. The van der Waals surface area contributed by atoms with E-state index in [0.717, 1.165) is 11.6 Å². The van der Waals surface area contributed by atoms with E-state index < -0.39 is 41.5 Å². The van der Waals surface area contributed by atoms with Gasteiger partial charge in [0.25, 0.3) is 5.91 Å². The van der Waals surface area contributed by atoms with Crippen LogP contribution < -0.4 is 20.1 Å². The van der Waals surface area contributed by atoms with E-state index in [1.807, 2.05) is 30.3 Å². The van der Waals surface area contributed by atoms with Gasteiger partial charge in [0.1, 0.15) is 6.61 Å². The fraction of sp³-hybridized carbons (Fsp3) is 0.130. The summed E-state index contributed by atoms with van der Waals surface area (Å²) in [6.07, 6.45) is 0. The minimum atomic E-state index is -1.70. The molecule has 3 aromatic carbocycles. The first-order chi connectivity index (χ1) is 15.4. The molecule has 0 aromatic heterocycles. The summed E-state index contributed by atoms with van der Waals surface area (Å²) in [4.78, 5) is 24.3. The summed E-state index contributed by atoms with van der Waals surface area (Å²) in [6, 6.07) is 15.6. The van der Waals surface area contributed by atoms with E-state index in [2.05, 4.69) is 10.6 Å². The zero-order chi connectivity index (χ0) is 23.1. The molecule has 3 aromatic rings. The predicted molar refractivity (Wildman–Crippen MR) is 111 cm³/mol. The molecule has 166 valence electrons. The number of methoxy groups -OCH3 is 1. The van der Waals surface area contributed by atoms with Crippen LogP contribution in [-0.4, -0.2) is 25.5 Å². The average molecular weight is 444 g/mol. The monoisotopic (exact) mass is 444 g/mol. The Bertz CT molecular complexity index is 1120. The number of hydrogen-bond acceptors (Lipinski definition) is 4. The van der Waals surface area contributed by atoms with E-state index in [0.29, 0.717) is 24.2 Å². The molecule has 0 unspecified atom stereocenters. The molecule has 3 rings (SSSR count). The summed E-state index contributed by atoms with van der Waals surface area (Å²) in [7, 11) is 1.43. The van der Waals surface area contributed by atoms with E-state index in [1.54, 1.807) is 6.07 Å².